The van der Waals surface area contributed by atoms with Gasteiger partial charge in [0.05, 0.1) is 11.7 Å². The van der Waals surface area contributed by atoms with E-state index in [1.54, 1.807) is 11.0 Å². The Bertz CT molecular complexity index is 511. The Kier molecular flexibility index (Phi) is 3.99. The van der Waals surface area contributed by atoms with Crippen molar-refractivity contribution >= 4 is 11.8 Å². The minimum absolute atomic E-state index is 0.109. The lowest BCUT2D eigenvalue weighted by Crippen LogP contribution is -2.49. The van der Waals surface area contributed by atoms with Gasteiger partial charge in [0.25, 0.3) is 0 Å². The van der Waals surface area contributed by atoms with E-state index in [1.165, 1.54) is 12.1 Å². The zero-order valence-electron chi connectivity index (χ0n) is 12.1. The van der Waals surface area contributed by atoms with Gasteiger partial charge in [-0.1, -0.05) is 0 Å². The maximum atomic E-state index is 13.3. The third-order valence-electron chi connectivity index (χ3n) is 3.28. The van der Waals surface area contributed by atoms with Crippen molar-refractivity contribution in [3.63, 3.8) is 0 Å². The molecule has 2 N–H and O–H groups in total. The number of anilines is 1. The van der Waals surface area contributed by atoms with Crippen molar-refractivity contribution in [1.29, 1.82) is 0 Å². The maximum absolute atomic E-state index is 13.3. The molecule has 1 aromatic carbocycles. The van der Waals surface area contributed by atoms with E-state index >= 15 is 0 Å². The smallest absolute Gasteiger partial charge is 0.415 e. The molecule has 0 aliphatic carbocycles. The van der Waals surface area contributed by atoms with Crippen LogP contribution in [0.1, 0.15) is 32.8 Å². The Morgan fingerprint density at radius 2 is 2.20 bits per heavy atom. The van der Waals surface area contributed by atoms with Gasteiger partial charge in [-0.15, -0.1) is 0 Å². The highest BCUT2D eigenvalue weighted by molar-refractivity contribution is 5.90. The molecule has 0 radical (unpaired) electrons. The van der Waals surface area contributed by atoms with Crippen molar-refractivity contribution in [2.45, 2.75) is 45.3 Å². The highest BCUT2D eigenvalue weighted by Gasteiger charge is 2.33. The first kappa shape index (κ1) is 14.8. The van der Waals surface area contributed by atoms with Crippen LogP contribution in [0.25, 0.3) is 0 Å². The number of rotatable bonds is 1. The van der Waals surface area contributed by atoms with Gasteiger partial charge in [0, 0.05) is 6.54 Å². The van der Waals surface area contributed by atoms with Crippen LogP contribution in [0.5, 0.6) is 0 Å². The molecule has 1 aliphatic heterocycles. The Morgan fingerprint density at radius 1 is 1.50 bits per heavy atom. The fourth-order valence-corrected chi connectivity index (χ4v) is 2.42. The number of hydrogen-bond acceptors (Lipinski definition) is 3. The standard InChI is InChI=1S/C15H21FN2O2/c1-15(2,3)20-14(19)18-12(9-17)6-4-10-8-11(16)5-7-13(10)18/h5,7-8,12H,4,6,9,17H2,1-3H3/t12-/m1/s1. The molecule has 2 rings (SSSR count). The molecule has 0 aromatic heterocycles. The predicted molar refractivity (Wildman–Crippen MR) is 76.3 cm³/mol. The van der Waals surface area contributed by atoms with E-state index in [4.69, 9.17) is 10.5 Å². The van der Waals surface area contributed by atoms with Gasteiger partial charge in [-0.3, -0.25) is 4.90 Å². The Labute approximate surface area is 118 Å². The Morgan fingerprint density at radius 3 is 2.80 bits per heavy atom. The van der Waals surface area contributed by atoms with Gasteiger partial charge < -0.3 is 10.5 Å². The van der Waals surface area contributed by atoms with Gasteiger partial charge in [-0.05, 0) is 57.4 Å². The van der Waals surface area contributed by atoms with Crippen molar-refractivity contribution in [2.24, 2.45) is 5.73 Å². The quantitative estimate of drug-likeness (QED) is 0.860. The van der Waals surface area contributed by atoms with Crippen LogP contribution in [0.2, 0.25) is 0 Å². The molecule has 1 aromatic rings. The zero-order valence-corrected chi connectivity index (χ0v) is 12.1. The number of carbonyl (C=O) groups is 1. The molecule has 0 unspecified atom stereocenters. The topological polar surface area (TPSA) is 55.6 Å². The number of benzene rings is 1. The molecular weight excluding hydrogens is 259 g/mol. The number of amides is 1. The molecule has 1 atom stereocenters. The molecule has 0 fully saturated rings. The van der Waals surface area contributed by atoms with Gasteiger partial charge in [0.2, 0.25) is 0 Å². The van der Waals surface area contributed by atoms with Crippen LogP contribution in [-0.2, 0) is 11.2 Å². The second-order valence-electron chi connectivity index (χ2n) is 6.05. The molecule has 110 valence electrons. The number of nitrogens with zero attached hydrogens (tertiary/aromatic N) is 1. The highest BCUT2D eigenvalue weighted by Crippen LogP contribution is 2.32. The number of aryl methyl sites for hydroxylation is 1. The number of ether oxygens (including phenoxy) is 1. The monoisotopic (exact) mass is 280 g/mol. The number of halogens is 1. The minimum Gasteiger partial charge on any atom is -0.443 e. The average Bonchev–Trinajstić information content (AvgIpc) is 2.34. The van der Waals surface area contributed by atoms with Crippen molar-refractivity contribution in [2.75, 3.05) is 11.4 Å². The first-order chi connectivity index (χ1) is 9.31. The third-order valence-corrected chi connectivity index (χ3v) is 3.28. The van der Waals surface area contributed by atoms with Crippen LogP contribution < -0.4 is 10.6 Å². The molecule has 20 heavy (non-hydrogen) atoms. The second-order valence-corrected chi connectivity index (χ2v) is 6.05. The number of hydrogen-bond donors (Lipinski definition) is 1. The first-order valence-electron chi connectivity index (χ1n) is 6.82. The van der Waals surface area contributed by atoms with E-state index in [9.17, 15) is 9.18 Å². The molecule has 1 aliphatic rings. The summed E-state index contributed by atoms with van der Waals surface area (Å²) in [6.07, 6.45) is 1.00. The summed E-state index contributed by atoms with van der Waals surface area (Å²) in [5, 5.41) is 0. The summed E-state index contributed by atoms with van der Waals surface area (Å²) in [6, 6.07) is 4.34. The molecule has 1 heterocycles. The first-order valence-corrected chi connectivity index (χ1v) is 6.82. The maximum Gasteiger partial charge on any atom is 0.415 e. The lowest BCUT2D eigenvalue weighted by atomic mass is 9.96. The lowest BCUT2D eigenvalue weighted by molar-refractivity contribution is 0.0561. The summed E-state index contributed by atoms with van der Waals surface area (Å²) < 4.78 is 18.7. The Balaban J connectivity index is 2.35. The summed E-state index contributed by atoms with van der Waals surface area (Å²) >= 11 is 0. The van der Waals surface area contributed by atoms with Gasteiger partial charge in [0.15, 0.2) is 0 Å². The van der Waals surface area contributed by atoms with Crippen LogP contribution in [0, 0.1) is 5.82 Å². The lowest BCUT2D eigenvalue weighted by Gasteiger charge is -2.37. The minimum atomic E-state index is -0.576. The normalized spacial score (nSPS) is 18.6. The summed E-state index contributed by atoms with van der Waals surface area (Å²) in [5.74, 6) is -0.293. The predicted octanol–water partition coefficient (Wildman–Crippen LogP) is 2.84. The van der Waals surface area contributed by atoms with Gasteiger partial charge in [-0.2, -0.15) is 0 Å². The van der Waals surface area contributed by atoms with Crippen LogP contribution in [0.15, 0.2) is 18.2 Å². The summed E-state index contributed by atoms with van der Waals surface area (Å²) in [6.45, 7) is 5.81. The zero-order chi connectivity index (χ0) is 14.9. The summed E-state index contributed by atoms with van der Waals surface area (Å²) in [7, 11) is 0. The molecular formula is C15H21FN2O2. The van der Waals surface area contributed by atoms with Crippen LogP contribution in [0.3, 0.4) is 0 Å². The SMILES string of the molecule is CC(C)(C)OC(=O)N1c2ccc(F)cc2CC[C@@H]1CN. The van der Waals surface area contributed by atoms with E-state index in [2.05, 4.69) is 0 Å². The van der Waals surface area contributed by atoms with Crippen LogP contribution >= 0.6 is 0 Å². The van der Waals surface area contributed by atoms with E-state index in [0.29, 0.717) is 25.1 Å². The molecule has 0 saturated heterocycles. The number of carbonyl (C=O) groups excluding carboxylic acids is 1. The van der Waals surface area contributed by atoms with Crippen molar-refractivity contribution in [3.8, 4) is 0 Å². The van der Waals surface area contributed by atoms with E-state index in [-0.39, 0.29) is 11.9 Å². The van der Waals surface area contributed by atoms with Crippen molar-refractivity contribution in [1.82, 2.24) is 0 Å². The summed E-state index contributed by atoms with van der Waals surface area (Å²) in [5.41, 5.74) is 6.70. The molecule has 0 bridgehead atoms. The Hall–Kier alpha value is -1.62. The summed E-state index contributed by atoms with van der Waals surface area (Å²) in [4.78, 5) is 13.9. The van der Waals surface area contributed by atoms with E-state index in [1.807, 2.05) is 20.8 Å². The van der Waals surface area contributed by atoms with Crippen LogP contribution in [0.4, 0.5) is 14.9 Å². The number of nitrogens with two attached hydrogens (primary N) is 1. The molecule has 0 spiro atoms. The molecule has 4 nitrogen and oxygen atoms in total. The van der Waals surface area contributed by atoms with Crippen molar-refractivity contribution < 1.29 is 13.9 Å². The van der Waals surface area contributed by atoms with Gasteiger partial charge in [0.1, 0.15) is 11.4 Å². The molecule has 1 amide bonds. The van der Waals surface area contributed by atoms with Crippen molar-refractivity contribution in [3.05, 3.63) is 29.6 Å². The fraction of sp³-hybridized carbons (Fsp3) is 0.533. The van der Waals surface area contributed by atoms with E-state index in [0.717, 1.165) is 5.56 Å². The largest absolute Gasteiger partial charge is 0.443 e. The number of fused-ring (bicyclic) bond motifs is 1. The van der Waals surface area contributed by atoms with E-state index < -0.39 is 11.7 Å². The van der Waals surface area contributed by atoms with Crippen LogP contribution in [-0.4, -0.2) is 24.3 Å². The average molecular weight is 280 g/mol. The molecule has 5 heteroatoms. The highest BCUT2D eigenvalue weighted by atomic mass is 19.1. The second kappa shape index (κ2) is 5.40. The van der Waals surface area contributed by atoms with Gasteiger partial charge in [-0.25, -0.2) is 9.18 Å². The third kappa shape index (κ3) is 3.10. The van der Waals surface area contributed by atoms with Gasteiger partial charge >= 0.3 is 6.09 Å². The fourth-order valence-electron chi connectivity index (χ4n) is 2.42. The molecule has 0 saturated carbocycles.